The Morgan fingerprint density at radius 2 is 1.94 bits per heavy atom. The predicted molar refractivity (Wildman–Crippen MR) is 63.2 cm³/mol. The van der Waals surface area contributed by atoms with Crippen LogP contribution in [-0.4, -0.2) is 27.8 Å². The molecule has 6 nitrogen and oxygen atoms in total. The number of nitrogens with zero attached hydrogens (tertiary/aromatic N) is 2. The molecule has 0 atom stereocenters. The molecule has 0 unspecified atom stereocenters. The first-order chi connectivity index (χ1) is 8.49. The van der Waals surface area contributed by atoms with Crippen molar-refractivity contribution in [3.05, 3.63) is 28.0 Å². The van der Waals surface area contributed by atoms with Crippen molar-refractivity contribution in [2.75, 3.05) is 0 Å². The first-order valence-corrected chi connectivity index (χ1v) is 5.99. The number of halogens is 1. The van der Waals surface area contributed by atoms with Crippen molar-refractivity contribution < 1.29 is 19.2 Å². The molecule has 0 bridgehead atoms. The van der Waals surface area contributed by atoms with Crippen LogP contribution in [0.2, 0.25) is 0 Å². The molecule has 0 radical (unpaired) electrons. The molecule has 1 aliphatic heterocycles. The summed E-state index contributed by atoms with van der Waals surface area (Å²) in [5.74, 6) is -1.85. The molecule has 2 heterocycles. The minimum absolute atomic E-state index is 0.0446. The van der Waals surface area contributed by atoms with E-state index in [4.69, 9.17) is 4.84 Å². The summed E-state index contributed by atoms with van der Waals surface area (Å²) in [6, 6.07) is 3.09. The van der Waals surface area contributed by atoms with Crippen LogP contribution in [0.15, 0.2) is 16.6 Å². The van der Waals surface area contributed by atoms with E-state index >= 15 is 0 Å². The molecule has 0 spiro atoms. The van der Waals surface area contributed by atoms with Crippen LogP contribution in [0.4, 0.5) is 0 Å². The molecule has 1 aromatic rings. The molecule has 94 valence electrons. The number of rotatable bonds is 2. The number of carbonyl (C=O) groups excluding carboxylic acids is 3. The van der Waals surface area contributed by atoms with Gasteiger partial charge in [0.05, 0.1) is 5.69 Å². The number of aryl methyl sites for hydroxylation is 1. The minimum Gasteiger partial charge on any atom is -0.323 e. The summed E-state index contributed by atoms with van der Waals surface area (Å²) < 4.78 is 0.757. The normalized spacial score (nSPS) is 15.1. The van der Waals surface area contributed by atoms with E-state index in [1.165, 1.54) is 6.07 Å². The maximum atomic E-state index is 11.7. The largest absolute Gasteiger partial charge is 0.382 e. The smallest absolute Gasteiger partial charge is 0.323 e. The van der Waals surface area contributed by atoms with E-state index in [1.807, 2.05) is 0 Å². The highest BCUT2D eigenvalue weighted by atomic mass is 79.9. The molecule has 2 amide bonds. The van der Waals surface area contributed by atoms with Crippen LogP contribution in [-0.2, 0) is 14.4 Å². The second-order valence-corrected chi connectivity index (χ2v) is 4.58. The van der Waals surface area contributed by atoms with Gasteiger partial charge in [0.25, 0.3) is 11.8 Å². The molecular formula is C11H9BrN2O4. The fourth-order valence-electron chi connectivity index (χ4n) is 1.45. The number of aromatic nitrogens is 1. The van der Waals surface area contributed by atoms with Crippen LogP contribution >= 0.6 is 15.9 Å². The van der Waals surface area contributed by atoms with Gasteiger partial charge in [-0.2, -0.15) is 0 Å². The van der Waals surface area contributed by atoms with Crippen molar-refractivity contribution in [3.63, 3.8) is 0 Å². The average Bonchev–Trinajstić information content (AvgIpc) is 2.64. The van der Waals surface area contributed by atoms with Gasteiger partial charge in [-0.05, 0) is 35.0 Å². The third-order valence-electron chi connectivity index (χ3n) is 2.41. The number of carbonyl (C=O) groups is 3. The van der Waals surface area contributed by atoms with Crippen molar-refractivity contribution in [1.82, 2.24) is 10.0 Å². The molecule has 18 heavy (non-hydrogen) atoms. The van der Waals surface area contributed by atoms with Crippen LogP contribution in [0.5, 0.6) is 0 Å². The highest BCUT2D eigenvalue weighted by molar-refractivity contribution is 9.10. The van der Waals surface area contributed by atoms with Gasteiger partial charge in [0, 0.05) is 17.3 Å². The van der Waals surface area contributed by atoms with Gasteiger partial charge in [-0.25, -0.2) is 9.78 Å². The Hall–Kier alpha value is -1.76. The molecule has 1 aromatic heterocycles. The zero-order valence-electron chi connectivity index (χ0n) is 9.47. The minimum atomic E-state index is -0.825. The maximum Gasteiger partial charge on any atom is 0.382 e. The van der Waals surface area contributed by atoms with E-state index in [9.17, 15) is 14.4 Å². The molecule has 0 aromatic carbocycles. The standard InChI is InChI=1S/C11H9BrN2O4/c1-6-7(12)2-3-8(13-6)11(17)18-14-9(15)4-5-10(14)16/h2-3H,4-5H2,1H3. The summed E-state index contributed by atoms with van der Waals surface area (Å²) >= 11 is 3.25. The lowest BCUT2D eigenvalue weighted by molar-refractivity contribution is -0.172. The van der Waals surface area contributed by atoms with Gasteiger partial charge in [0.1, 0.15) is 0 Å². The summed E-state index contributed by atoms with van der Waals surface area (Å²) in [6.07, 6.45) is 0.137. The number of pyridine rings is 1. The van der Waals surface area contributed by atoms with Crippen LogP contribution in [0.25, 0.3) is 0 Å². The number of hydrogen-bond donors (Lipinski definition) is 0. The molecule has 1 fully saturated rings. The molecule has 1 saturated heterocycles. The Labute approximate surface area is 111 Å². The van der Waals surface area contributed by atoms with E-state index in [-0.39, 0.29) is 18.5 Å². The van der Waals surface area contributed by atoms with Crippen molar-refractivity contribution >= 4 is 33.7 Å². The Balaban J connectivity index is 2.14. The van der Waals surface area contributed by atoms with E-state index in [0.29, 0.717) is 10.8 Å². The summed E-state index contributed by atoms with van der Waals surface area (Å²) in [5.41, 5.74) is 0.659. The molecule has 0 aliphatic carbocycles. The van der Waals surface area contributed by atoms with Crippen LogP contribution in [0, 0.1) is 6.92 Å². The summed E-state index contributed by atoms with van der Waals surface area (Å²) in [6.45, 7) is 1.72. The lowest BCUT2D eigenvalue weighted by Gasteiger charge is -2.12. The Morgan fingerprint density at radius 1 is 1.33 bits per heavy atom. The van der Waals surface area contributed by atoms with Gasteiger partial charge in [-0.15, -0.1) is 5.06 Å². The number of amides is 2. The number of hydroxylamine groups is 2. The Kier molecular flexibility index (Phi) is 3.42. The predicted octanol–water partition coefficient (Wildman–Crippen LogP) is 1.37. The SMILES string of the molecule is Cc1nc(C(=O)ON2C(=O)CCC2=O)ccc1Br. The molecule has 7 heteroatoms. The number of imide groups is 1. The number of hydrogen-bond acceptors (Lipinski definition) is 5. The monoisotopic (exact) mass is 312 g/mol. The van der Waals surface area contributed by atoms with Crippen LogP contribution in [0.3, 0.4) is 0 Å². The summed E-state index contributed by atoms with van der Waals surface area (Å²) in [7, 11) is 0. The van der Waals surface area contributed by atoms with Crippen LogP contribution < -0.4 is 0 Å². The van der Waals surface area contributed by atoms with Gasteiger partial charge in [-0.1, -0.05) is 0 Å². The van der Waals surface area contributed by atoms with Gasteiger partial charge in [0.15, 0.2) is 5.69 Å². The Morgan fingerprint density at radius 3 is 2.50 bits per heavy atom. The fraction of sp³-hybridized carbons (Fsp3) is 0.273. The quantitative estimate of drug-likeness (QED) is 0.771. The van der Waals surface area contributed by atoms with E-state index in [1.54, 1.807) is 13.0 Å². The highest BCUT2D eigenvalue weighted by Gasteiger charge is 2.33. The molecule has 1 aliphatic rings. The average molecular weight is 313 g/mol. The second kappa shape index (κ2) is 4.85. The van der Waals surface area contributed by atoms with Gasteiger partial charge in [-0.3, -0.25) is 9.59 Å². The fourth-order valence-corrected chi connectivity index (χ4v) is 1.67. The first kappa shape index (κ1) is 12.7. The molecular weight excluding hydrogens is 304 g/mol. The van der Waals surface area contributed by atoms with Gasteiger partial charge in [0.2, 0.25) is 0 Å². The van der Waals surface area contributed by atoms with Crippen molar-refractivity contribution in [3.8, 4) is 0 Å². The highest BCUT2D eigenvalue weighted by Crippen LogP contribution is 2.16. The second-order valence-electron chi connectivity index (χ2n) is 3.72. The Bertz CT molecular complexity index is 528. The molecule has 2 rings (SSSR count). The zero-order chi connectivity index (χ0) is 13.3. The molecule has 0 N–H and O–H groups in total. The first-order valence-electron chi connectivity index (χ1n) is 5.20. The van der Waals surface area contributed by atoms with Crippen molar-refractivity contribution in [1.29, 1.82) is 0 Å². The lowest BCUT2D eigenvalue weighted by Crippen LogP contribution is -2.32. The molecule has 0 saturated carbocycles. The third kappa shape index (κ3) is 2.40. The van der Waals surface area contributed by atoms with Gasteiger partial charge < -0.3 is 4.84 Å². The summed E-state index contributed by atoms with van der Waals surface area (Å²) in [5, 5.41) is 0.501. The van der Waals surface area contributed by atoms with Gasteiger partial charge >= 0.3 is 5.97 Å². The third-order valence-corrected chi connectivity index (χ3v) is 3.25. The van der Waals surface area contributed by atoms with Crippen molar-refractivity contribution in [2.45, 2.75) is 19.8 Å². The van der Waals surface area contributed by atoms with E-state index in [2.05, 4.69) is 20.9 Å². The van der Waals surface area contributed by atoms with E-state index in [0.717, 1.165) is 4.47 Å². The maximum absolute atomic E-state index is 11.7. The van der Waals surface area contributed by atoms with Crippen LogP contribution in [0.1, 0.15) is 29.0 Å². The van der Waals surface area contributed by atoms with E-state index < -0.39 is 17.8 Å². The zero-order valence-corrected chi connectivity index (χ0v) is 11.1. The topological polar surface area (TPSA) is 76.6 Å². The lowest BCUT2D eigenvalue weighted by atomic mass is 10.3. The van der Waals surface area contributed by atoms with Crippen molar-refractivity contribution in [2.24, 2.45) is 0 Å². The summed E-state index contributed by atoms with van der Waals surface area (Å²) in [4.78, 5) is 43.0.